The summed E-state index contributed by atoms with van der Waals surface area (Å²) in [5, 5.41) is 9.20. The van der Waals surface area contributed by atoms with Gasteiger partial charge in [-0.1, -0.05) is 13.8 Å². The topological polar surface area (TPSA) is 55.5 Å². The third-order valence-electron chi connectivity index (χ3n) is 4.15. The van der Waals surface area contributed by atoms with Crippen LogP contribution in [-0.4, -0.2) is 30.0 Å². The number of hydrogen-bond acceptors (Lipinski definition) is 3. The summed E-state index contributed by atoms with van der Waals surface area (Å²) in [5.74, 6) is 0.876. The SMILES string of the molecule is CCC(N)(CO)CCCOC1CCC(C)CC1. The second-order valence-corrected chi connectivity index (χ2v) is 5.73. The number of nitrogens with two attached hydrogens (primary N) is 1. The Bertz CT molecular complexity index is 196. The van der Waals surface area contributed by atoms with Gasteiger partial charge in [-0.3, -0.25) is 0 Å². The number of hydrogen-bond donors (Lipinski definition) is 2. The van der Waals surface area contributed by atoms with Crippen LogP contribution in [0.2, 0.25) is 0 Å². The molecule has 3 N–H and O–H groups in total. The van der Waals surface area contributed by atoms with Gasteiger partial charge in [0.1, 0.15) is 0 Å². The van der Waals surface area contributed by atoms with Crippen LogP contribution in [0.5, 0.6) is 0 Å². The molecular weight excluding hydrogens is 214 g/mol. The van der Waals surface area contributed by atoms with Crippen LogP contribution in [0.4, 0.5) is 0 Å². The van der Waals surface area contributed by atoms with Crippen molar-refractivity contribution in [1.29, 1.82) is 0 Å². The van der Waals surface area contributed by atoms with E-state index in [1.165, 1.54) is 25.7 Å². The molecule has 1 aliphatic rings. The van der Waals surface area contributed by atoms with Gasteiger partial charge in [-0.2, -0.15) is 0 Å². The highest BCUT2D eigenvalue weighted by Gasteiger charge is 2.22. The van der Waals surface area contributed by atoms with Crippen LogP contribution in [0.25, 0.3) is 0 Å². The van der Waals surface area contributed by atoms with Gasteiger partial charge in [0, 0.05) is 12.1 Å². The van der Waals surface area contributed by atoms with Crippen molar-refractivity contribution in [3.8, 4) is 0 Å². The maximum Gasteiger partial charge on any atom is 0.0611 e. The molecule has 1 rings (SSSR count). The first-order valence-corrected chi connectivity index (χ1v) is 7.11. The van der Waals surface area contributed by atoms with Crippen LogP contribution >= 0.6 is 0 Å². The molecular formula is C14H29NO2. The fraction of sp³-hybridized carbons (Fsp3) is 1.00. The molecule has 0 heterocycles. The minimum absolute atomic E-state index is 0.0739. The Morgan fingerprint density at radius 2 is 1.94 bits per heavy atom. The lowest BCUT2D eigenvalue weighted by molar-refractivity contribution is 0.0146. The van der Waals surface area contributed by atoms with Crippen molar-refractivity contribution in [2.45, 2.75) is 70.4 Å². The van der Waals surface area contributed by atoms with Crippen molar-refractivity contribution in [3.05, 3.63) is 0 Å². The van der Waals surface area contributed by atoms with E-state index in [2.05, 4.69) is 6.92 Å². The molecule has 17 heavy (non-hydrogen) atoms. The van der Waals surface area contributed by atoms with Gasteiger partial charge in [-0.15, -0.1) is 0 Å². The smallest absolute Gasteiger partial charge is 0.0611 e. The molecule has 1 atom stereocenters. The zero-order valence-electron chi connectivity index (χ0n) is 11.5. The van der Waals surface area contributed by atoms with Gasteiger partial charge in [0.2, 0.25) is 0 Å². The second kappa shape index (κ2) is 7.34. The Morgan fingerprint density at radius 3 is 2.47 bits per heavy atom. The average Bonchev–Trinajstić information content (AvgIpc) is 2.36. The van der Waals surface area contributed by atoms with Crippen molar-refractivity contribution in [2.24, 2.45) is 11.7 Å². The lowest BCUT2D eigenvalue weighted by atomic mass is 9.89. The van der Waals surface area contributed by atoms with Crippen LogP contribution < -0.4 is 5.73 Å². The molecule has 1 fully saturated rings. The van der Waals surface area contributed by atoms with E-state index in [1.807, 2.05) is 6.92 Å². The third-order valence-corrected chi connectivity index (χ3v) is 4.15. The van der Waals surface area contributed by atoms with Gasteiger partial charge in [-0.05, 0) is 50.9 Å². The van der Waals surface area contributed by atoms with Gasteiger partial charge >= 0.3 is 0 Å². The Balaban J connectivity index is 2.08. The molecule has 1 unspecified atom stereocenters. The molecule has 0 bridgehead atoms. The van der Waals surface area contributed by atoms with E-state index in [0.717, 1.165) is 31.8 Å². The highest BCUT2D eigenvalue weighted by molar-refractivity contribution is 4.81. The zero-order valence-corrected chi connectivity index (χ0v) is 11.5. The maximum atomic E-state index is 9.20. The summed E-state index contributed by atoms with van der Waals surface area (Å²) in [6.45, 7) is 5.21. The quantitative estimate of drug-likeness (QED) is 0.675. The van der Waals surface area contributed by atoms with E-state index < -0.39 is 5.54 Å². The molecule has 0 amide bonds. The van der Waals surface area contributed by atoms with Crippen molar-refractivity contribution in [3.63, 3.8) is 0 Å². The number of aliphatic hydroxyl groups is 1. The molecule has 0 spiro atoms. The predicted molar refractivity (Wildman–Crippen MR) is 70.9 cm³/mol. The molecule has 3 heteroatoms. The third kappa shape index (κ3) is 5.36. The molecule has 0 aromatic heterocycles. The van der Waals surface area contributed by atoms with E-state index >= 15 is 0 Å². The Hall–Kier alpha value is -0.120. The van der Waals surface area contributed by atoms with Crippen LogP contribution in [0, 0.1) is 5.92 Å². The summed E-state index contributed by atoms with van der Waals surface area (Å²) in [5.41, 5.74) is 5.63. The van der Waals surface area contributed by atoms with E-state index in [9.17, 15) is 5.11 Å². The standard InChI is InChI=1S/C14H29NO2/c1-3-14(15,11-16)9-4-10-17-13-7-5-12(2)6-8-13/h12-13,16H,3-11,15H2,1-2H3. The van der Waals surface area contributed by atoms with Crippen molar-refractivity contribution >= 4 is 0 Å². The maximum absolute atomic E-state index is 9.20. The zero-order chi connectivity index (χ0) is 12.7. The highest BCUT2D eigenvalue weighted by atomic mass is 16.5. The number of rotatable bonds is 7. The highest BCUT2D eigenvalue weighted by Crippen LogP contribution is 2.25. The van der Waals surface area contributed by atoms with Gasteiger partial charge in [0.05, 0.1) is 12.7 Å². The fourth-order valence-corrected chi connectivity index (χ4v) is 2.44. The largest absolute Gasteiger partial charge is 0.394 e. The number of ether oxygens (including phenoxy) is 1. The fourth-order valence-electron chi connectivity index (χ4n) is 2.44. The van der Waals surface area contributed by atoms with E-state index in [4.69, 9.17) is 10.5 Å². The lowest BCUT2D eigenvalue weighted by Crippen LogP contribution is -2.43. The van der Waals surface area contributed by atoms with E-state index in [-0.39, 0.29) is 6.61 Å². The van der Waals surface area contributed by atoms with Gasteiger partial charge < -0.3 is 15.6 Å². The molecule has 0 saturated heterocycles. The average molecular weight is 243 g/mol. The van der Waals surface area contributed by atoms with Crippen molar-refractivity contribution in [1.82, 2.24) is 0 Å². The first-order chi connectivity index (χ1) is 8.09. The molecule has 102 valence electrons. The molecule has 0 aromatic rings. The summed E-state index contributed by atoms with van der Waals surface area (Å²) in [4.78, 5) is 0. The second-order valence-electron chi connectivity index (χ2n) is 5.73. The summed E-state index contributed by atoms with van der Waals surface area (Å²) >= 11 is 0. The van der Waals surface area contributed by atoms with Gasteiger partial charge in [-0.25, -0.2) is 0 Å². The first-order valence-electron chi connectivity index (χ1n) is 7.11. The summed E-state index contributed by atoms with van der Waals surface area (Å²) in [7, 11) is 0. The van der Waals surface area contributed by atoms with E-state index in [1.54, 1.807) is 0 Å². The molecule has 0 radical (unpaired) electrons. The van der Waals surface area contributed by atoms with Crippen LogP contribution in [0.1, 0.15) is 58.8 Å². The monoisotopic (exact) mass is 243 g/mol. The minimum atomic E-state index is -0.398. The molecule has 1 aliphatic carbocycles. The van der Waals surface area contributed by atoms with Crippen LogP contribution in [0.15, 0.2) is 0 Å². The Morgan fingerprint density at radius 1 is 1.29 bits per heavy atom. The predicted octanol–water partition coefficient (Wildman–Crippen LogP) is 2.46. The van der Waals surface area contributed by atoms with Gasteiger partial charge in [0.15, 0.2) is 0 Å². The normalized spacial score (nSPS) is 28.9. The van der Waals surface area contributed by atoms with Gasteiger partial charge in [0.25, 0.3) is 0 Å². The minimum Gasteiger partial charge on any atom is -0.394 e. The molecule has 3 nitrogen and oxygen atoms in total. The lowest BCUT2D eigenvalue weighted by Gasteiger charge is -2.28. The summed E-state index contributed by atoms with van der Waals surface area (Å²) < 4.78 is 5.88. The van der Waals surface area contributed by atoms with Crippen molar-refractivity contribution in [2.75, 3.05) is 13.2 Å². The number of aliphatic hydroxyl groups excluding tert-OH is 1. The molecule has 1 saturated carbocycles. The molecule has 0 aliphatic heterocycles. The summed E-state index contributed by atoms with van der Waals surface area (Å²) in [6.07, 6.45) is 8.12. The molecule has 0 aromatic carbocycles. The Kier molecular flexibility index (Phi) is 6.45. The summed E-state index contributed by atoms with van der Waals surface area (Å²) in [6, 6.07) is 0. The van der Waals surface area contributed by atoms with Crippen LogP contribution in [-0.2, 0) is 4.74 Å². The first kappa shape index (κ1) is 14.9. The van der Waals surface area contributed by atoms with E-state index in [0.29, 0.717) is 6.10 Å². The van der Waals surface area contributed by atoms with Crippen LogP contribution in [0.3, 0.4) is 0 Å². The van der Waals surface area contributed by atoms with Crippen molar-refractivity contribution < 1.29 is 9.84 Å². The Labute approximate surface area is 106 Å².